The highest BCUT2D eigenvalue weighted by molar-refractivity contribution is 5.75. The van der Waals surface area contributed by atoms with E-state index >= 15 is 0 Å². The second-order valence-electron chi connectivity index (χ2n) is 5.03. The number of hydrogen-bond donors (Lipinski definition) is 0. The summed E-state index contributed by atoms with van der Waals surface area (Å²) in [4.78, 5) is 20.8. The summed E-state index contributed by atoms with van der Waals surface area (Å²) < 4.78 is 0. The van der Waals surface area contributed by atoms with Crippen molar-refractivity contribution in [1.29, 1.82) is 0 Å². The molecule has 0 aliphatic heterocycles. The van der Waals surface area contributed by atoms with E-state index in [9.17, 15) is 9.59 Å². The molecule has 0 amide bonds. The number of Topliss-reactive ketones (excluding diaryl/α,β-unsaturated/α-hetero) is 2. The largest absolute Gasteiger partial charge is 0.300 e. The van der Waals surface area contributed by atoms with Gasteiger partial charge in [0.25, 0.3) is 0 Å². The molecule has 0 spiro atoms. The molecule has 0 aromatic rings. The van der Waals surface area contributed by atoms with Crippen LogP contribution in [0, 0.1) is 0 Å². The van der Waals surface area contributed by atoms with Gasteiger partial charge in [0.05, 0.1) is 0 Å². The number of hydrogen-bond acceptors (Lipinski definition) is 2. The Hall–Kier alpha value is -0.660. The van der Waals surface area contributed by atoms with Crippen LogP contribution in [0.3, 0.4) is 0 Å². The summed E-state index contributed by atoms with van der Waals surface area (Å²) in [5.74, 6) is 0.650. The molecule has 0 radical (unpaired) electrons. The van der Waals surface area contributed by atoms with Crippen molar-refractivity contribution < 1.29 is 9.59 Å². The van der Waals surface area contributed by atoms with Crippen LogP contribution in [0.25, 0.3) is 0 Å². The maximum absolute atomic E-state index is 10.4. The Kier molecular flexibility index (Phi) is 17.9. The zero-order chi connectivity index (χ0) is 14.2. The molecular formula is C16H32O2. The van der Waals surface area contributed by atoms with Gasteiger partial charge in [0.2, 0.25) is 0 Å². The Morgan fingerprint density at radius 1 is 0.611 bits per heavy atom. The standard InChI is InChI=1S/2C8H16O/c2*1-3-4-5-6-7-8(2)9/h2*3-7H2,1-2H3. The van der Waals surface area contributed by atoms with Gasteiger partial charge in [0.15, 0.2) is 0 Å². The van der Waals surface area contributed by atoms with Crippen molar-refractivity contribution in [3.05, 3.63) is 0 Å². The average molecular weight is 256 g/mol. The smallest absolute Gasteiger partial charge is 0.129 e. The van der Waals surface area contributed by atoms with E-state index in [0.29, 0.717) is 11.6 Å². The highest BCUT2D eigenvalue weighted by Crippen LogP contribution is 2.02. The van der Waals surface area contributed by atoms with Gasteiger partial charge in [-0.05, 0) is 26.7 Å². The summed E-state index contributed by atoms with van der Waals surface area (Å²) in [6.07, 6.45) is 11.2. The van der Waals surface area contributed by atoms with Crippen LogP contribution in [0.4, 0.5) is 0 Å². The molecule has 0 aliphatic carbocycles. The van der Waals surface area contributed by atoms with Crippen LogP contribution in [0.5, 0.6) is 0 Å². The van der Waals surface area contributed by atoms with Gasteiger partial charge in [-0.1, -0.05) is 52.4 Å². The topological polar surface area (TPSA) is 34.1 Å². The minimum Gasteiger partial charge on any atom is -0.300 e. The second kappa shape index (κ2) is 16.3. The van der Waals surface area contributed by atoms with E-state index in [4.69, 9.17) is 0 Å². The van der Waals surface area contributed by atoms with Crippen LogP contribution >= 0.6 is 0 Å². The normalized spacial score (nSPS) is 9.56. The van der Waals surface area contributed by atoms with Gasteiger partial charge in [-0.2, -0.15) is 0 Å². The van der Waals surface area contributed by atoms with Gasteiger partial charge in [-0.3, -0.25) is 0 Å². The van der Waals surface area contributed by atoms with Crippen LogP contribution in [0.2, 0.25) is 0 Å². The molecule has 2 nitrogen and oxygen atoms in total. The summed E-state index contributed by atoms with van der Waals surface area (Å²) >= 11 is 0. The molecule has 0 saturated carbocycles. The lowest BCUT2D eigenvalue weighted by Gasteiger charge is -1.93. The van der Waals surface area contributed by atoms with Crippen molar-refractivity contribution in [3.8, 4) is 0 Å². The van der Waals surface area contributed by atoms with Gasteiger partial charge >= 0.3 is 0 Å². The number of rotatable bonds is 10. The van der Waals surface area contributed by atoms with Crippen LogP contribution in [-0.4, -0.2) is 11.6 Å². The zero-order valence-corrected chi connectivity index (χ0v) is 12.9. The maximum Gasteiger partial charge on any atom is 0.129 e. The van der Waals surface area contributed by atoms with Crippen LogP contribution < -0.4 is 0 Å². The molecule has 0 aliphatic rings. The molecule has 0 bridgehead atoms. The fourth-order valence-electron chi connectivity index (χ4n) is 1.60. The predicted molar refractivity (Wildman–Crippen MR) is 78.9 cm³/mol. The third-order valence-corrected chi connectivity index (χ3v) is 2.76. The Bertz CT molecular complexity index is 175. The van der Waals surface area contributed by atoms with Gasteiger partial charge in [0, 0.05) is 12.8 Å². The SMILES string of the molecule is CCCCCCC(C)=O.CCCCCCC(C)=O. The van der Waals surface area contributed by atoms with E-state index in [1.807, 2.05) is 0 Å². The molecule has 2 heteroatoms. The highest BCUT2D eigenvalue weighted by Gasteiger charge is 1.91. The monoisotopic (exact) mass is 256 g/mol. The first-order chi connectivity index (χ1) is 8.54. The molecule has 0 saturated heterocycles. The lowest BCUT2D eigenvalue weighted by molar-refractivity contribution is -0.117. The number of unbranched alkanes of at least 4 members (excludes halogenated alkanes) is 6. The third kappa shape index (κ3) is 24.5. The fourth-order valence-corrected chi connectivity index (χ4v) is 1.60. The molecule has 0 unspecified atom stereocenters. The van der Waals surface area contributed by atoms with Crippen molar-refractivity contribution in [2.24, 2.45) is 0 Å². The molecule has 0 heterocycles. The lowest BCUT2D eigenvalue weighted by Crippen LogP contribution is -1.88. The maximum atomic E-state index is 10.4. The number of carbonyl (C=O) groups is 2. The molecule has 0 aromatic heterocycles. The molecule has 0 atom stereocenters. The molecule has 18 heavy (non-hydrogen) atoms. The first-order valence-electron chi connectivity index (χ1n) is 7.53. The first-order valence-corrected chi connectivity index (χ1v) is 7.53. The van der Waals surface area contributed by atoms with Crippen molar-refractivity contribution in [2.45, 2.75) is 91.9 Å². The highest BCUT2D eigenvalue weighted by atomic mass is 16.1. The average Bonchev–Trinajstić information content (AvgIpc) is 2.31. The molecule has 0 rings (SSSR count). The molecule has 0 aromatic carbocycles. The predicted octanol–water partition coefficient (Wildman–Crippen LogP) is 5.09. The molecule has 108 valence electrons. The number of carbonyl (C=O) groups excluding carboxylic acids is 2. The lowest BCUT2D eigenvalue weighted by atomic mass is 10.1. The summed E-state index contributed by atoms with van der Waals surface area (Å²) in [6.45, 7) is 7.67. The van der Waals surface area contributed by atoms with Gasteiger partial charge in [0.1, 0.15) is 11.6 Å². The van der Waals surface area contributed by atoms with Gasteiger partial charge < -0.3 is 9.59 Å². The van der Waals surface area contributed by atoms with E-state index in [0.717, 1.165) is 25.7 Å². The zero-order valence-electron chi connectivity index (χ0n) is 12.9. The summed E-state index contributed by atoms with van der Waals surface area (Å²) in [6, 6.07) is 0. The third-order valence-electron chi connectivity index (χ3n) is 2.76. The van der Waals surface area contributed by atoms with Crippen molar-refractivity contribution >= 4 is 11.6 Å². The minimum atomic E-state index is 0.325. The van der Waals surface area contributed by atoms with E-state index in [1.54, 1.807) is 13.8 Å². The van der Waals surface area contributed by atoms with Crippen LogP contribution in [0.1, 0.15) is 91.9 Å². The second-order valence-corrected chi connectivity index (χ2v) is 5.03. The van der Waals surface area contributed by atoms with Crippen LogP contribution in [0.15, 0.2) is 0 Å². The minimum absolute atomic E-state index is 0.325. The van der Waals surface area contributed by atoms with E-state index in [1.165, 1.54) is 38.5 Å². The first kappa shape index (κ1) is 19.7. The Balaban J connectivity index is 0. The van der Waals surface area contributed by atoms with E-state index < -0.39 is 0 Å². The molecule has 0 N–H and O–H groups in total. The van der Waals surface area contributed by atoms with Crippen molar-refractivity contribution in [2.75, 3.05) is 0 Å². The summed E-state index contributed by atoms with van der Waals surface area (Å²) in [5, 5.41) is 0. The Morgan fingerprint density at radius 3 is 1.17 bits per heavy atom. The summed E-state index contributed by atoms with van der Waals surface area (Å²) in [7, 11) is 0. The number of ketones is 2. The molecule has 0 fully saturated rings. The van der Waals surface area contributed by atoms with Gasteiger partial charge in [-0.15, -0.1) is 0 Å². The van der Waals surface area contributed by atoms with Crippen molar-refractivity contribution in [3.63, 3.8) is 0 Å². The Labute approximate surface area is 114 Å². The fraction of sp³-hybridized carbons (Fsp3) is 0.875. The van der Waals surface area contributed by atoms with E-state index in [2.05, 4.69) is 13.8 Å². The Morgan fingerprint density at radius 2 is 0.944 bits per heavy atom. The van der Waals surface area contributed by atoms with Crippen LogP contribution in [-0.2, 0) is 9.59 Å². The summed E-state index contributed by atoms with van der Waals surface area (Å²) in [5.41, 5.74) is 0. The molecular weight excluding hydrogens is 224 g/mol. The van der Waals surface area contributed by atoms with E-state index in [-0.39, 0.29) is 0 Å². The van der Waals surface area contributed by atoms with Crippen molar-refractivity contribution in [1.82, 2.24) is 0 Å². The quantitative estimate of drug-likeness (QED) is 0.510. The van der Waals surface area contributed by atoms with Gasteiger partial charge in [-0.25, -0.2) is 0 Å².